The Balaban J connectivity index is 2.31. The average Bonchev–Trinajstić information content (AvgIpc) is 2.70. The Morgan fingerprint density at radius 3 is 2.83 bits per heavy atom. The molecule has 1 heterocycles. The predicted octanol–water partition coefficient (Wildman–Crippen LogP) is 2.35. The normalized spacial score (nSPS) is 11.9. The van der Waals surface area contributed by atoms with Gasteiger partial charge in [0.05, 0.1) is 5.01 Å². The van der Waals surface area contributed by atoms with E-state index in [0.29, 0.717) is 6.04 Å². The number of nitrogens with zero attached hydrogens (tertiary/aromatic N) is 2. The van der Waals surface area contributed by atoms with Gasteiger partial charge in [-0.05, 0) is 34.1 Å². The second kappa shape index (κ2) is 8.08. The van der Waals surface area contributed by atoms with Gasteiger partial charge in [-0.15, -0.1) is 11.3 Å². The van der Waals surface area contributed by atoms with Crippen molar-refractivity contribution in [3.63, 3.8) is 0 Å². The number of thiazole rings is 1. The summed E-state index contributed by atoms with van der Waals surface area (Å²) >= 11 is 1.74. The van der Waals surface area contributed by atoms with E-state index in [4.69, 9.17) is 0 Å². The van der Waals surface area contributed by atoms with Crippen LogP contribution in [0.4, 0.5) is 0 Å². The lowest BCUT2D eigenvalue weighted by atomic mass is 10.3. The molecular weight excluding hydrogens is 244 g/mol. The topological polar surface area (TPSA) is 49.3 Å². The second-order valence-corrected chi connectivity index (χ2v) is 5.49. The van der Waals surface area contributed by atoms with E-state index < -0.39 is 0 Å². The molecule has 0 radical (unpaired) electrons. The van der Waals surface area contributed by atoms with Crippen molar-refractivity contribution in [1.29, 1.82) is 0 Å². The molecule has 102 valence electrons. The van der Waals surface area contributed by atoms with Gasteiger partial charge in [0.1, 0.15) is 0 Å². The molecule has 1 rings (SSSR count). The Morgan fingerprint density at radius 1 is 1.50 bits per heavy atom. The van der Waals surface area contributed by atoms with Crippen molar-refractivity contribution >= 4 is 17.3 Å². The number of aryl methyl sites for hydroxylation is 2. The van der Waals surface area contributed by atoms with Crippen LogP contribution in [0.5, 0.6) is 0 Å². The van der Waals surface area contributed by atoms with Crippen molar-refractivity contribution in [3.8, 4) is 0 Å². The summed E-state index contributed by atoms with van der Waals surface area (Å²) in [5.74, 6) is 0.905. The lowest BCUT2D eigenvalue weighted by molar-refractivity contribution is 0.696. The fraction of sp³-hybridized carbons (Fsp3) is 0.692. The van der Waals surface area contributed by atoms with Crippen molar-refractivity contribution in [2.24, 2.45) is 4.99 Å². The minimum atomic E-state index is 0.407. The smallest absolute Gasteiger partial charge is 0.191 e. The first kappa shape index (κ1) is 15.0. The molecule has 0 spiro atoms. The van der Waals surface area contributed by atoms with Gasteiger partial charge in [-0.25, -0.2) is 4.98 Å². The minimum absolute atomic E-state index is 0.407. The number of rotatable bonds is 6. The maximum absolute atomic E-state index is 4.55. The molecule has 18 heavy (non-hydrogen) atoms. The lowest BCUT2D eigenvalue weighted by Crippen LogP contribution is -2.41. The highest BCUT2D eigenvalue weighted by Crippen LogP contribution is 2.10. The van der Waals surface area contributed by atoms with Gasteiger partial charge in [-0.2, -0.15) is 0 Å². The summed E-state index contributed by atoms with van der Waals surface area (Å²) < 4.78 is 0. The number of hydrogen-bond acceptors (Lipinski definition) is 3. The summed E-state index contributed by atoms with van der Waals surface area (Å²) in [4.78, 5) is 9.00. The van der Waals surface area contributed by atoms with Gasteiger partial charge >= 0.3 is 0 Å². The van der Waals surface area contributed by atoms with Crippen LogP contribution in [0.2, 0.25) is 0 Å². The Labute approximate surface area is 114 Å². The number of aromatic nitrogens is 1. The molecule has 2 N–H and O–H groups in total. The summed E-state index contributed by atoms with van der Waals surface area (Å²) in [5.41, 5.74) is 1.12. The highest BCUT2D eigenvalue weighted by molar-refractivity contribution is 7.09. The lowest BCUT2D eigenvalue weighted by Gasteiger charge is -2.13. The molecule has 0 fully saturated rings. The van der Waals surface area contributed by atoms with E-state index >= 15 is 0 Å². The Hall–Kier alpha value is -1.10. The molecular formula is C13H24N4S. The van der Waals surface area contributed by atoms with Gasteiger partial charge in [0, 0.05) is 36.6 Å². The van der Waals surface area contributed by atoms with E-state index in [9.17, 15) is 0 Å². The van der Waals surface area contributed by atoms with Crippen LogP contribution in [0, 0.1) is 6.92 Å². The fourth-order valence-corrected chi connectivity index (χ4v) is 2.35. The first-order chi connectivity index (χ1) is 8.61. The summed E-state index contributed by atoms with van der Waals surface area (Å²) in [7, 11) is 0. The monoisotopic (exact) mass is 268 g/mol. The second-order valence-electron chi connectivity index (χ2n) is 4.55. The highest BCUT2D eigenvalue weighted by atomic mass is 32.1. The Morgan fingerprint density at radius 2 is 2.28 bits per heavy atom. The predicted molar refractivity (Wildman–Crippen MR) is 79.4 cm³/mol. The standard InChI is InChI=1S/C13H24N4S/c1-5-14-13(16-10(2)3)15-8-6-7-12-17-11(4)9-18-12/h9-10H,5-8H2,1-4H3,(H2,14,15,16). The average molecular weight is 268 g/mol. The van der Waals surface area contributed by atoms with E-state index in [2.05, 4.69) is 46.8 Å². The third-order valence-corrected chi connectivity index (χ3v) is 3.28. The van der Waals surface area contributed by atoms with Crippen LogP contribution >= 0.6 is 11.3 Å². The first-order valence-corrected chi connectivity index (χ1v) is 7.45. The van der Waals surface area contributed by atoms with Crippen LogP contribution in [0.1, 0.15) is 37.9 Å². The number of hydrogen-bond donors (Lipinski definition) is 2. The third kappa shape index (κ3) is 6.00. The van der Waals surface area contributed by atoms with Crippen LogP contribution in [-0.2, 0) is 6.42 Å². The van der Waals surface area contributed by atoms with Crippen LogP contribution in [-0.4, -0.2) is 30.1 Å². The van der Waals surface area contributed by atoms with Gasteiger partial charge in [-0.1, -0.05) is 0 Å². The van der Waals surface area contributed by atoms with Crippen LogP contribution in [0.3, 0.4) is 0 Å². The van der Waals surface area contributed by atoms with E-state index in [1.807, 2.05) is 6.92 Å². The molecule has 0 saturated heterocycles. The van der Waals surface area contributed by atoms with Crippen molar-refractivity contribution in [3.05, 3.63) is 16.1 Å². The number of guanidine groups is 1. The SMILES string of the molecule is CCNC(=NCCCc1nc(C)cs1)NC(C)C. The highest BCUT2D eigenvalue weighted by Gasteiger charge is 2.00. The molecule has 0 atom stereocenters. The van der Waals surface area contributed by atoms with E-state index in [1.54, 1.807) is 11.3 Å². The molecule has 4 nitrogen and oxygen atoms in total. The van der Waals surface area contributed by atoms with Crippen molar-refractivity contribution in [2.45, 2.75) is 46.6 Å². The number of aliphatic imine (C=N–C) groups is 1. The quantitative estimate of drug-likeness (QED) is 0.473. The third-order valence-electron chi connectivity index (χ3n) is 2.25. The van der Waals surface area contributed by atoms with Crippen molar-refractivity contribution < 1.29 is 0 Å². The van der Waals surface area contributed by atoms with Crippen molar-refractivity contribution in [2.75, 3.05) is 13.1 Å². The van der Waals surface area contributed by atoms with E-state index in [0.717, 1.165) is 37.6 Å². The fourth-order valence-electron chi connectivity index (χ4n) is 1.53. The van der Waals surface area contributed by atoms with Crippen LogP contribution < -0.4 is 10.6 Å². The summed E-state index contributed by atoms with van der Waals surface area (Å²) in [6, 6.07) is 0.407. The number of nitrogens with one attached hydrogen (secondary N) is 2. The zero-order chi connectivity index (χ0) is 13.4. The molecule has 0 unspecified atom stereocenters. The summed E-state index contributed by atoms with van der Waals surface area (Å²) in [5, 5.41) is 9.86. The molecule has 1 aromatic heterocycles. The van der Waals surface area contributed by atoms with Gasteiger partial charge in [-0.3, -0.25) is 4.99 Å². The minimum Gasteiger partial charge on any atom is -0.357 e. The maximum Gasteiger partial charge on any atom is 0.191 e. The van der Waals surface area contributed by atoms with Crippen molar-refractivity contribution in [1.82, 2.24) is 15.6 Å². The molecule has 0 saturated carbocycles. The molecule has 1 aromatic rings. The van der Waals surface area contributed by atoms with Crippen LogP contribution in [0.15, 0.2) is 10.4 Å². The Kier molecular flexibility index (Phi) is 6.72. The van der Waals surface area contributed by atoms with Crippen LogP contribution in [0.25, 0.3) is 0 Å². The molecule has 0 aliphatic heterocycles. The molecule has 0 aromatic carbocycles. The molecule has 5 heteroatoms. The summed E-state index contributed by atoms with van der Waals surface area (Å²) in [6.07, 6.45) is 2.06. The molecule has 0 aliphatic carbocycles. The van der Waals surface area contributed by atoms with Gasteiger partial charge < -0.3 is 10.6 Å². The first-order valence-electron chi connectivity index (χ1n) is 6.57. The van der Waals surface area contributed by atoms with Gasteiger partial charge in [0.2, 0.25) is 0 Å². The Bertz CT molecular complexity index is 371. The summed E-state index contributed by atoms with van der Waals surface area (Å²) in [6.45, 7) is 10.1. The largest absolute Gasteiger partial charge is 0.357 e. The maximum atomic E-state index is 4.55. The zero-order valence-electron chi connectivity index (χ0n) is 11.8. The van der Waals surface area contributed by atoms with Gasteiger partial charge in [0.25, 0.3) is 0 Å². The van der Waals surface area contributed by atoms with Gasteiger partial charge in [0.15, 0.2) is 5.96 Å². The van der Waals surface area contributed by atoms with E-state index in [-0.39, 0.29) is 0 Å². The van der Waals surface area contributed by atoms with E-state index in [1.165, 1.54) is 5.01 Å². The molecule has 0 bridgehead atoms. The molecule has 0 aliphatic rings. The zero-order valence-corrected chi connectivity index (χ0v) is 12.6. The molecule has 0 amide bonds.